The molecule has 0 atom stereocenters. The van der Waals surface area contributed by atoms with E-state index in [4.69, 9.17) is 33.3 Å². The largest absolute Gasteiger partial charge is 0.493 e. The van der Waals surface area contributed by atoms with Crippen LogP contribution in [0.4, 0.5) is 0 Å². The zero-order chi connectivity index (χ0) is 18.1. The van der Waals surface area contributed by atoms with Crippen molar-refractivity contribution in [3.8, 4) is 11.5 Å². The molecule has 5 nitrogen and oxygen atoms in total. The van der Waals surface area contributed by atoms with Crippen molar-refractivity contribution >= 4 is 35.1 Å². The van der Waals surface area contributed by atoms with Crippen LogP contribution in [0.1, 0.15) is 18.1 Å². The predicted molar refractivity (Wildman–Crippen MR) is 104 cm³/mol. The summed E-state index contributed by atoms with van der Waals surface area (Å²) in [6, 6.07) is 13.2. The van der Waals surface area contributed by atoms with Crippen molar-refractivity contribution in [3.63, 3.8) is 0 Å². The molecule has 0 bridgehead atoms. The number of hydrogen-bond donors (Lipinski definition) is 3. The summed E-state index contributed by atoms with van der Waals surface area (Å²) in [6.07, 6.45) is 1.77. The first-order valence-corrected chi connectivity index (χ1v) is 8.59. The Labute approximate surface area is 158 Å². The van der Waals surface area contributed by atoms with Crippen molar-refractivity contribution in [2.24, 2.45) is 0 Å². The number of rotatable bonds is 7. The molecule has 0 spiro atoms. The van der Waals surface area contributed by atoms with Gasteiger partial charge in [-0.3, -0.25) is 0 Å². The monoisotopic (exact) mass is 378 g/mol. The Balaban J connectivity index is 2.13. The molecule has 0 saturated carbocycles. The summed E-state index contributed by atoms with van der Waals surface area (Å²) < 4.78 is 11.4. The summed E-state index contributed by atoms with van der Waals surface area (Å²) in [5.74, 6) is 1.29. The SMILES string of the molecule is CCNC(=S)N[NH+]=Cc1cccc(OC)c1OCc1ccc(Cl)cc1. The number of hydrazine groups is 1. The zero-order valence-electron chi connectivity index (χ0n) is 14.1. The van der Waals surface area contributed by atoms with E-state index in [0.29, 0.717) is 28.2 Å². The normalized spacial score (nSPS) is 10.5. The van der Waals surface area contributed by atoms with Crippen molar-refractivity contribution in [1.29, 1.82) is 0 Å². The molecule has 0 saturated heterocycles. The Bertz CT molecular complexity index is 736. The minimum atomic E-state index is 0.404. The number of hydrogen-bond acceptors (Lipinski definition) is 3. The van der Waals surface area contributed by atoms with Gasteiger partial charge in [-0.15, -0.1) is 10.5 Å². The van der Waals surface area contributed by atoms with Gasteiger partial charge in [0.05, 0.1) is 12.7 Å². The van der Waals surface area contributed by atoms with Gasteiger partial charge in [-0.2, -0.15) is 0 Å². The average molecular weight is 379 g/mol. The Kier molecular flexibility index (Phi) is 7.50. The molecule has 0 aliphatic carbocycles. The van der Waals surface area contributed by atoms with Gasteiger partial charge in [-0.05, 0) is 49.0 Å². The maximum atomic E-state index is 5.97. The lowest BCUT2D eigenvalue weighted by atomic mass is 10.2. The maximum Gasteiger partial charge on any atom is 0.223 e. The zero-order valence-corrected chi connectivity index (χ0v) is 15.7. The molecule has 0 aliphatic rings. The average Bonchev–Trinajstić information content (AvgIpc) is 2.62. The van der Waals surface area contributed by atoms with Gasteiger partial charge in [-0.25, -0.2) is 0 Å². The number of ether oxygens (including phenoxy) is 2. The van der Waals surface area contributed by atoms with E-state index in [2.05, 4.69) is 15.8 Å². The second-order valence-electron chi connectivity index (χ2n) is 5.07. The first-order valence-electron chi connectivity index (χ1n) is 7.81. The van der Waals surface area contributed by atoms with Crippen LogP contribution < -0.4 is 25.3 Å². The molecule has 3 N–H and O–H groups in total. The van der Waals surface area contributed by atoms with Crippen LogP contribution in [0.15, 0.2) is 42.5 Å². The lowest BCUT2D eigenvalue weighted by molar-refractivity contribution is -0.500. The molecule has 132 valence electrons. The van der Waals surface area contributed by atoms with Crippen LogP contribution >= 0.6 is 23.8 Å². The number of hydrazone groups is 1. The highest BCUT2D eigenvalue weighted by Crippen LogP contribution is 2.30. The second kappa shape index (κ2) is 9.86. The van der Waals surface area contributed by atoms with Crippen LogP contribution in [-0.4, -0.2) is 25.0 Å². The standard InChI is InChI=1S/C18H20ClN3O2S/c1-3-20-18(25)22-21-11-14-5-4-6-16(23-2)17(14)24-12-13-7-9-15(19)10-8-13/h4-11H,3,12H2,1-2H3,(H2,20,22,25)/p+1. The number of thiocarbonyl (C=S) groups is 1. The van der Waals surface area contributed by atoms with Crippen LogP contribution in [-0.2, 0) is 6.61 Å². The van der Waals surface area contributed by atoms with Crippen molar-refractivity contribution in [1.82, 2.24) is 10.7 Å². The molecular formula is C18H21ClN3O2S+. The van der Waals surface area contributed by atoms with Gasteiger partial charge in [-0.1, -0.05) is 29.8 Å². The first kappa shape index (κ1) is 19.0. The molecule has 2 aromatic carbocycles. The quantitative estimate of drug-likeness (QED) is 0.390. The molecule has 0 unspecified atom stereocenters. The molecule has 0 fully saturated rings. The summed E-state index contributed by atoms with van der Waals surface area (Å²) in [5, 5.41) is 7.16. The van der Waals surface area contributed by atoms with E-state index < -0.39 is 0 Å². The fourth-order valence-electron chi connectivity index (χ4n) is 2.08. The minimum Gasteiger partial charge on any atom is -0.493 e. The van der Waals surface area contributed by atoms with Crippen LogP contribution in [0.5, 0.6) is 11.5 Å². The van der Waals surface area contributed by atoms with Gasteiger partial charge < -0.3 is 14.8 Å². The molecule has 0 radical (unpaired) electrons. The number of benzene rings is 2. The molecule has 2 rings (SSSR count). The summed E-state index contributed by atoms with van der Waals surface area (Å²) in [6.45, 7) is 3.13. The number of nitrogens with one attached hydrogen (secondary N) is 3. The van der Waals surface area contributed by atoms with Crippen LogP contribution in [0.3, 0.4) is 0 Å². The summed E-state index contributed by atoms with van der Waals surface area (Å²) in [4.78, 5) is 0. The van der Waals surface area contributed by atoms with E-state index in [1.807, 2.05) is 49.4 Å². The number of halogens is 1. The van der Waals surface area contributed by atoms with Gasteiger partial charge in [0.2, 0.25) is 11.3 Å². The highest BCUT2D eigenvalue weighted by Gasteiger charge is 2.11. The van der Waals surface area contributed by atoms with Gasteiger partial charge in [0, 0.05) is 11.6 Å². The van der Waals surface area contributed by atoms with Gasteiger partial charge >= 0.3 is 0 Å². The van der Waals surface area contributed by atoms with E-state index in [9.17, 15) is 0 Å². The van der Waals surface area contributed by atoms with E-state index in [1.165, 1.54) is 0 Å². The highest BCUT2D eigenvalue weighted by atomic mass is 35.5. The predicted octanol–water partition coefficient (Wildman–Crippen LogP) is 1.83. The number of para-hydroxylation sites is 1. The molecule has 0 heterocycles. The van der Waals surface area contributed by atoms with Gasteiger partial charge in [0.25, 0.3) is 0 Å². The smallest absolute Gasteiger partial charge is 0.223 e. The van der Waals surface area contributed by atoms with E-state index in [1.54, 1.807) is 13.3 Å². The van der Waals surface area contributed by atoms with E-state index >= 15 is 0 Å². The Morgan fingerprint density at radius 2 is 2.00 bits per heavy atom. The topological polar surface area (TPSA) is 56.5 Å². The van der Waals surface area contributed by atoms with Gasteiger partial charge in [0.15, 0.2) is 11.5 Å². The summed E-state index contributed by atoms with van der Waals surface area (Å²) in [7, 11) is 1.61. The molecule has 7 heteroatoms. The Morgan fingerprint density at radius 3 is 2.68 bits per heavy atom. The van der Waals surface area contributed by atoms with E-state index in [-0.39, 0.29) is 0 Å². The Hall–Kier alpha value is -2.31. The van der Waals surface area contributed by atoms with Crippen molar-refractivity contribution in [2.45, 2.75) is 13.5 Å². The molecular weight excluding hydrogens is 358 g/mol. The fourth-order valence-corrected chi connectivity index (χ4v) is 2.41. The summed E-state index contributed by atoms with van der Waals surface area (Å²) >= 11 is 11.0. The van der Waals surface area contributed by atoms with Gasteiger partial charge in [0.1, 0.15) is 6.61 Å². The maximum absolute atomic E-state index is 5.97. The van der Waals surface area contributed by atoms with Crippen molar-refractivity contribution in [2.75, 3.05) is 13.7 Å². The third-order valence-electron chi connectivity index (χ3n) is 3.28. The van der Waals surface area contributed by atoms with Crippen LogP contribution in [0.25, 0.3) is 0 Å². The lowest BCUT2D eigenvalue weighted by Gasteiger charge is -2.12. The van der Waals surface area contributed by atoms with Crippen LogP contribution in [0.2, 0.25) is 5.02 Å². The van der Waals surface area contributed by atoms with Crippen molar-refractivity contribution < 1.29 is 14.6 Å². The molecule has 0 amide bonds. The molecule has 0 aliphatic heterocycles. The highest BCUT2D eigenvalue weighted by molar-refractivity contribution is 7.80. The lowest BCUT2D eigenvalue weighted by Crippen LogP contribution is -2.82. The number of methoxy groups -OCH3 is 1. The second-order valence-corrected chi connectivity index (χ2v) is 5.91. The van der Waals surface area contributed by atoms with Crippen LogP contribution in [0, 0.1) is 0 Å². The summed E-state index contributed by atoms with van der Waals surface area (Å²) in [5.41, 5.74) is 4.73. The van der Waals surface area contributed by atoms with Crippen molar-refractivity contribution in [3.05, 3.63) is 58.6 Å². The Morgan fingerprint density at radius 1 is 1.24 bits per heavy atom. The molecule has 0 aromatic heterocycles. The third-order valence-corrected chi connectivity index (χ3v) is 3.77. The fraction of sp³-hybridized carbons (Fsp3) is 0.222. The van der Waals surface area contributed by atoms with E-state index in [0.717, 1.165) is 17.7 Å². The third kappa shape index (κ3) is 5.92. The molecule has 2 aromatic rings. The minimum absolute atomic E-state index is 0.404. The first-order chi connectivity index (χ1) is 12.1. The molecule has 25 heavy (non-hydrogen) atoms.